The molecule has 22 heavy (non-hydrogen) atoms. The minimum atomic E-state index is -0.648. The lowest BCUT2D eigenvalue weighted by Gasteiger charge is -2.36. The first-order valence-corrected chi connectivity index (χ1v) is 7.03. The van der Waals surface area contributed by atoms with Crippen LogP contribution in [0.2, 0.25) is 5.02 Å². The molecule has 1 aromatic rings. The zero-order chi connectivity index (χ0) is 15.9. The van der Waals surface area contributed by atoms with Crippen LogP contribution in [0.3, 0.4) is 0 Å². The zero-order valence-corrected chi connectivity index (χ0v) is 12.5. The summed E-state index contributed by atoms with van der Waals surface area (Å²) in [5, 5.41) is 2.89. The molecular formula is C13H15ClN6O2. The number of hydrogen-bond acceptors (Lipinski definition) is 6. The molecule has 4 N–H and O–H groups in total. The van der Waals surface area contributed by atoms with Crippen LogP contribution >= 0.6 is 11.6 Å². The summed E-state index contributed by atoms with van der Waals surface area (Å²) >= 11 is 6.17. The summed E-state index contributed by atoms with van der Waals surface area (Å²) in [6.07, 6.45) is -0.616. The summed E-state index contributed by atoms with van der Waals surface area (Å²) in [6, 6.07) is 6.19. The molecule has 2 aliphatic rings. The zero-order valence-electron chi connectivity index (χ0n) is 11.8. The van der Waals surface area contributed by atoms with Gasteiger partial charge in [-0.15, -0.1) is 0 Å². The van der Waals surface area contributed by atoms with E-state index < -0.39 is 24.1 Å². The lowest BCUT2D eigenvalue weighted by Crippen LogP contribution is -2.64. The third kappa shape index (κ3) is 2.26. The average molecular weight is 323 g/mol. The molecule has 0 aromatic heterocycles. The Kier molecular flexibility index (Phi) is 3.63. The fraction of sp³-hybridized carbons (Fsp3) is 0.308. The highest BCUT2D eigenvalue weighted by Gasteiger charge is 2.48. The number of halogens is 1. The summed E-state index contributed by atoms with van der Waals surface area (Å²) in [5.41, 5.74) is 3.31. The van der Waals surface area contributed by atoms with E-state index in [9.17, 15) is 9.59 Å². The first-order chi connectivity index (χ1) is 10.5. The molecule has 116 valence electrons. The number of imide groups is 1. The Balaban J connectivity index is 1.93. The van der Waals surface area contributed by atoms with Crippen molar-refractivity contribution in [2.75, 3.05) is 7.05 Å². The van der Waals surface area contributed by atoms with E-state index in [2.05, 4.69) is 15.7 Å². The number of nitrogens with one attached hydrogen (secondary N) is 2. The maximum absolute atomic E-state index is 12.2. The number of hydrogen-bond donors (Lipinski definition) is 3. The molecule has 2 unspecified atom stereocenters. The van der Waals surface area contributed by atoms with E-state index in [0.717, 1.165) is 5.56 Å². The smallest absolute Gasteiger partial charge is 0.321 e. The van der Waals surface area contributed by atoms with Gasteiger partial charge in [0.15, 0.2) is 12.2 Å². The van der Waals surface area contributed by atoms with Gasteiger partial charge in [0, 0.05) is 18.6 Å². The second-order valence-electron chi connectivity index (χ2n) is 5.08. The van der Waals surface area contributed by atoms with Crippen molar-refractivity contribution in [2.45, 2.75) is 18.8 Å². The van der Waals surface area contributed by atoms with E-state index in [1.807, 2.05) is 18.2 Å². The number of nitrogens with two attached hydrogens (primary N) is 1. The second kappa shape index (κ2) is 5.47. The number of likely N-dealkylation sites (N-methyl/N-ethyl adjacent to an activating group) is 1. The fourth-order valence-electron chi connectivity index (χ4n) is 2.63. The van der Waals surface area contributed by atoms with Gasteiger partial charge in [0.25, 0.3) is 5.91 Å². The number of benzene rings is 1. The maximum Gasteiger partial charge on any atom is 0.325 e. The van der Waals surface area contributed by atoms with Crippen LogP contribution in [0, 0.1) is 0 Å². The number of amides is 3. The number of urea groups is 1. The molecule has 3 rings (SSSR count). The van der Waals surface area contributed by atoms with Crippen molar-refractivity contribution in [2.24, 2.45) is 10.8 Å². The van der Waals surface area contributed by atoms with Crippen LogP contribution in [-0.4, -0.2) is 47.0 Å². The van der Waals surface area contributed by atoms with Crippen LogP contribution in [0.15, 0.2) is 29.3 Å². The minimum Gasteiger partial charge on any atom is -0.321 e. The molecule has 0 radical (unpaired) electrons. The van der Waals surface area contributed by atoms with Crippen molar-refractivity contribution in [3.05, 3.63) is 34.9 Å². The van der Waals surface area contributed by atoms with Crippen LogP contribution in [-0.2, 0) is 11.3 Å². The summed E-state index contributed by atoms with van der Waals surface area (Å²) in [5.74, 6) is 5.44. The largest absolute Gasteiger partial charge is 0.325 e. The molecule has 0 saturated carbocycles. The predicted molar refractivity (Wildman–Crippen MR) is 80.6 cm³/mol. The van der Waals surface area contributed by atoms with E-state index in [0.29, 0.717) is 17.5 Å². The van der Waals surface area contributed by atoms with E-state index >= 15 is 0 Å². The van der Waals surface area contributed by atoms with Gasteiger partial charge in [-0.3, -0.25) is 15.5 Å². The van der Waals surface area contributed by atoms with Gasteiger partial charge in [-0.05, 0) is 11.6 Å². The summed E-state index contributed by atoms with van der Waals surface area (Å²) < 4.78 is 0. The summed E-state index contributed by atoms with van der Waals surface area (Å²) in [7, 11) is 1.58. The number of aliphatic imine (C=N–C) groups is 1. The van der Waals surface area contributed by atoms with Gasteiger partial charge in [0.05, 0.1) is 0 Å². The first-order valence-electron chi connectivity index (χ1n) is 6.65. The van der Waals surface area contributed by atoms with Gasteiger partial charge in [-0.1, -0.05) is 29.8 Å². The molecule has 1 fully saturated rings. The maximum atomic E-state index is 12.2. The lowest BCUT2D eigenvalue weighted by atomic mass is 10.1. The Labute approximate surface area is 131 Å². The molecule has 0 bridgehead atoms. The molecule has 1 saturated heterocycles. The van der Waals surface area contributed by atoms with Crippen molar-refractivity contribution in [1.29, 1.82) is 0 Å². The number of hydrazine groups is 1. The Morgan fingerprint density at radius 1 is 1.41 bits per heavy atom. The van der Waals surface area contributed by atoms with E-state index in [-0.39, 0.29) is 0 Å². The Bertz CT molecular complexity index is 664. The van der Waals surface area contributed by atoms with Gasteiger partial charge < -0.3 is 9.80 Å². The van der Waals surface area contributed by atoms with Gasteiger partial charge in [-0.2, -0.15) is 0 Å². The van der Waals surface area contributed by atoms with Crippen molar-refractivity contribution in [1.82, 2.24) is 20.5 Å². The van der Waals surface area contributed by atoms with Gasteiger partial charge in [0.1, 0.15) is 0 Å². The van der Waals surface area contributed by atoms with Crippen LogP contribution in [0.1, 0.15) is 5.56 Å². The molecule has 2 atom stereocenters. The van der Waals surface area contributed by atoms with Crippen LogP contribution in [0.5, 0.6) is 0 Å². The highest BCUT2D eigenvalue weighted by molar-refractivity contribution is 6.31. The molecule has 0 spiro atoms. The number of guanidine groups is 1. The van der Waals surface area contributed by atoms with E-state index in [1.54, 1.807) is 18.0 Å². The molecule has 9 heteroatoms. The molecule has 0 aliphatic carbocycles. The Morgan fingerprint density at radius 3 is 2.82 bits per heavy atom. The molecule has 3 amide bonds. The minimum absolute atomic E-state index is 0.339. The topological polar surface area (TPSA) is 103 Å². The average Bonchev–Trinajstić information content (AvgIpc) is 2.86. The van der Waals surface area contributed by atoms with Crippen LogP contribution < -0.4 is 16.6 Å². The SMILES string of the molecule is CN1C(=O)NC(=O)C2C1N=C(NN)N2Cc1ccccc1Cl. The molecule has 2 aliphatic heterocycles. The quantitative estimate of drug-likeness (QED) is 0.519. The fourth-order valence-corrected chi connectivity index (χ4v) is 2.82. The number of rotatable bonds is 2. The van der Waals surface area contributed by atoms with Gasteiger partial charge in [-0.25, -0.2) is 15.6 Å². The highest BCUT2D eigenvalue weighted by Crippen LogP contribution is 2.26. The van der Waals surface area contributed by atoms with Crippen LogP contribution in [0.25, 0.3) is 0 Å². The molecule has 8 nitrogen and oxygen atoms in total. The number of fused-ring (bicyclic) bond motifs is 1. The van der Waals surface area contributed by atoms with E-state index in [4.69, 9.17) is 17.4 Å². The second-order valence-corrected chi connectivity index (χ2v) is 5.49. The number of nitrogens with zero attached hydrogens (tertiary/aromatic N) is 3. The lowest BCUT2D eigenvalue weighted by molar-refractivity contribution is -0.127. The first kappa shape index (κ1) is 14.6. The monoisotopic (exact) mass is 322 g/mol. The van der Waals surface area contributed by atoms with Crippen LogP contribution in [0.4, 0.5) is 4.79 Å². The van der Waals surface area contributed by atoms with Gasteiger partial charge >= 0.3 is 6.03 Å². The molecule has 2 heterocycles. The van der Waals surface area contributed by atoms with Crippen molar-refractivity contribution < 1.29 is 9.59 Å². The Morgan fingerprint density at radius 2 is 2.14 bits per heavy atom. The number of carbonyl (C=O) groups excluding carboxylic acids is 2. The van der Waals surface area contributed by atoms with Crippen molar-refractivity contribution >= 4 is 29.5 Å². The highest BCUT2D eigenvalue weighted by atomic mass is 35.5. The third-order valence-electron chi connectivity index (χ3n) is 3.79. The summed E-state index contributed by atoms with van der Waals surface area (Å²) in [4.78, 5) is 31.3. The third-order valence-corrected chi connectivity index (χ3v) is 4.16. The van der Waals surface area contributed by atoms with Gasteiger partial charge in [0.2, 0.25) is 5.96 Å². The molecular weight excluding hydrogens is 308 g/mol. The Hall–Kier alpha value is -2.32. The summed E-state index contributed by atoms with van der Waals surface area (Å²) in [6.45, 7) is 0.347. The predicted octanol–water partition coefficient (Wildman–Crippen LogP) is -0.149. The normalized spacial score (nSPS) is 24.0. The standard InChI is InChI=1S/C13H15ClN6O2/c1-19-10-9(11(21)17-13(19)22)20(12(16-10)18-15)6-7-4-2-3-5-8(7)14/h2-5,9-10H,6,15H2,1H3,(H,16,18)(H,17,21,22). The van der Waals surface area contributed by atoms with E-state index in [1.165, 1.54) is 4.90 Å². The van der Waals surface area contributed by atoms with Crippen molar-refractivity contribution in [3.63, 3.8) is 0 Å². The molecule has 1 aromatic carbocycles. The van der Waals surface area contributed by atoms with Crippen molar-refractivity contribution in [3.8, 4) is 0 Å². The number of carbonyl (C=O) groups is 2.